The molecule has 1 aliphatic heterocycles. The van der Waals surface area contributed by atoms with Crippen molar-refractivity contribution in [2.24, 2.45) is 0 Å². The molecule has 1 aromatic carbocycles. The minimum absolute atomic E-state index is 0.0622. The van der Waals surface area contributed by atoms with Crippen molar-refractivity contribution in [1.29, 1.82) is 0 Å². The van der Waals surface area contributed by atoms with E-state index in [1.54, 1.807) is 24.3 Å². The van der Waals surface area contributed by atoms with E-state index in [0.29, 0.717) is 0 Å². The van der Waals surface area contributed by atoms with Gasteiger partial charge in [-0.15, -0.1) is 0 Å². The molecule has 1 aromatic rings. The van der Waals surface area contributed by atoms with Crippen LogP contribution in [0.25, 0.3) is 0 Å². The topological polar surface area (TPSA) is 69.6 Å². The van der Waals surface area contributed by atoms with Crippen LogP contribution in [0.2, 0.25) is 0 Å². The molecule has 80 valence electrons. The quantitative estimate of drug-likeness (QED) is 0.670. The summed E-state index contributed by atoms with van der Waals surface area (Å²) in [4.78, 5) is 10.6. The number of hydrogen-bond donors (Lipinski definition) is 3. The molecule has 3 N–H and O–H groups in total. The largest absolute Gasteiger partial charge is 0.478 e. The first-order valence-corrected chi connectivity index (χ1v) is 4.93. The average molecular weight is 207 g/mol. The summed E-state index contributed by atoms with van der Waals surface area (Å²) in [7, 11) is 0. The lowest BCUT2D eigenvalue weighted by Crippen LogP contribution is -2.20. The van der Waals surface area contributed by atoms with E-state index in [-0.39, 0.29) is 17.7 Å². The molecule has 0 amide bonds. The number of aliphatic hydroxyl groups excluding tert-OH is 1. The van der Waals surface area contributed by atoms with Crippen molar-refractivity contribution < 1.29 is 15.0 Å². The Labute approximate surface area is 87.6 Å². The zero-order valence-corrected chi connectivity index (χ0v) is 8.18. The van der Waals surface area contributed by atoms with E-state index in [9.17, 15) is 9.90 Å². The lowest BCUT2D eigenvalue weighted by molar-refractivity contribution is 0.0697. The lowest BCUT2D eigenvalue weighted by Gasteiger charge is -2.14. The monoisotopic (exact) mass is 207 g/mol. The summed E-state index contributed by atoms with van der Waals surface area (Å²) in [6, 6.07) is 6.55. The fraction of sp³-hybridized carbons (Fsp3) is 0.364. The van der Waals surface area contributed by atoms with Crippen molar-refractivity contribution in [2.45, 2.75) is 18.6 Å². The smallest absolute Gasteiger partial charge is 0.335 e. The fourth-order valence-electron chi connectivity index (χ4n) is 1.86. The van der Waals surface area contributed by atoms with Gasteiger partial charge in [0.1, 0.15) is 0 Å². The minimum atomic E-state index is -0.929. The van der Waals surface area contributed by atoms with E-state index in [0.717, 1.165) is 18.5 Å². The van der Waals surface area contributed by atoms with Crippen LogP contribution in [0.3, 0.4) is 0 Å². The molecular formula is C11H13NO3. The second kappa shape index (κ2) is 4.00. The maximum atomic E-state index is 10.6. The molecule has 1 aliphatic rings. The van der Waals surface area contributed by atoms with Crippen molar-refractivity contribution >= 4 is 5.97 Å². The van der Waals surface area contributed by atoms with Gasteiger partial charge in [0.2, 0.25) is 0 Å². The van der Waals surface area contributed by atoms with Gasteiger partial charge in [0, 0.05) is 0 Å². The summed E-state index contributed by atoms with van der Waals surface area (Å²) in [6.07, 6.45) is 0.367. The fourth-order valence-corrected chi connectivity index (χ4v) is 1.86. The van der Waals surface area contributed by atoms with Gasteiger partial charge < -0.3 is 15.5 Å². The number of carbonyl (C=O) groups is 1. The molecule has 0 saturated carbocycles. The van der Waals surface area contributed by atoms with Crippen molar-refractivity contribution in [1.82, 2.24) is 5.32 Å². The van der Waals surface area contributed by atoms with Crippen molar-refractivity contribution in [2.75, 3.05) is 6.54 Å². The van der Waals surface area contributed by atoms with Crippen LogP contribution in [0.15, 0.2) is 24.3 Å². The molecule has 2 unspecified atom stereocenters. The van der Waals surface area contributed by atoms with Crippen LogP contribution in [0.1, 0.15) is 28.4 Å². The number of rotatable bonds is 2. The molecular weight excluding hydrogens is 194 g/mol. The molecule has 15 heavy (non-hydrogen) atoms. The third-order valence-corrected chi connectivity index (χ3v) is 2.71. The van der Waals surface area contributed by atoms with Crippen LogP contribution in [-0.2, 0) is 0 Å². The van der Waals surface area contributed by atoms with Gasteiger partial charge in [0.25, 0.3) is 0 Å². The highest BCUT2D eigenvalue weighted by Crippen LogP contribution is 2.23. The SMILES string of the molecule is O=C(O)c1ccc(C2NCCC2O)cc1. The second-order valence-electron chi connectivity index (χ2n) is 3.71. The van der Waals surface area contributed by atoms with Gasteiger partial charge in [0.05, 0.1) is 17.7 Å². The predicted octanol–water partition coefficient (Wildman–Crippen LogP) is 0.780. The Bertz CT molecular complexity index is 361. The van der Waals surface area contributed by atoms with Crippen molar-refractivity contribution in [3.05, 3.63) is 35.4 Å². The van der Waals surface area contributed by atoms with Crippen LogP contribution in [0.4, 0.5) is 0 Å². The van der Waals surface area contributed by atoms with E-state index < -0.39 is 5.97 Å². The molecule has 1 fully saturated rings. The second-order valence-corrected chi connectivity index (χ2v) is 3.71. The molecule has 0 aromatic heterocycles. The zero-order chi connectivity index (χ0) is 10.8. The van der Waals surface area contributed by atoms with Crippen molar-refractivity contribution in [3.63, 3.8) is 0 Å². The lowest BCUT2D eigenvalue weighted by atomic mass is 10.0. The summed E-state index contributed by atoms with van der Waals surface area (Å²) in [6.45, 7) is 0.798. The average Bonchev–Trinajstić information content (AvgIpc) is 2.65. The van der Waals surface area contributed by atoms with Gasteiger partial charge in [0.15, 0.2) is 0 Å². The Kier molecular flexibility index (Phi) is 2.70. The molecule has 4 heteroatoms. The Morgan fingerprint density at radius 2 is 2.00 bits per heavy atom. The van der Waals surface area contributed by atoms with E-state index >= 15 is 0 Å². The van der Waals surface area contributed by atoms with Gasteiger partial charge in [-0.05, 0) is 30.7 Å². The number of benzene rings is 1. The zero-order valence-electron chi connectivity index (χ0n) is 8.18. The summed E-state index contributed by atoms with van der Waals surface area (Å²) in [5, 5.41) is 21.5. The third kappa shape index (κ3) is 2.00. The van der Waals surface area contributed by atoms with Gasteiger partial charge in [-0.3, -0.25) is 0 Å². The first kappa shape index (κ1) is 10.1. The molecule has 0 bridgehead atoms. The van der Waals surface area contributed by atoms with Crippen LogP contribution >= 0.6 is 0 Å². The normalized spacial score (nSPS) is 25.4. The van der Waals surface area contributed by atoms with Gasteiger partial charge in [-0.2, -0.15) is 0 Å². The molecule has 0 aliphatic carbocycles. The number of hydrogen-bond acceptors (Lipinski definition) is 3. The number of nitrogens with one attached hydrogen (secondary N) is 1. The molecule has 4 nitrogen and oxygen atoms in total. The third-order valence-electron chi connectivity index (χ3n) is 2.71. The Morgan fingerprint density at radius 1 is 1.33 bits per heavy atom. The van der Waals surface area contributed by atoms with E-state index in [1.165, 1.54) is 0 Å². The van der Waals surface area contributed by atoms with E-state index in [2.05, 4.69) is 5.32 Å². The highest BCUT2D eigenvalue weighted by molar-refractivity contribution is 5.87. The minimum Gasteiger partial charge on any atom is -0.478 e. The van der Waals surface area contributed by atoms with Gasteiger partial charge >= 0.3 is 5.97 Å². The standard InChI is InChI=1S/C11H13NO3/c13-9-5-6-12-10(9)7-1-3-8(4-2-7)11(14)15/h1-4,9-10,12-13H,5-6H2,(H,14,15). The van der Waals surface area contributed by atoms with E-state index in [1.807, 2.05) is 0 Å². The predicted molar refractivity (Wildman–Crippen MR) is 54.8 cm³/mol. The first-order valence-electron chi connectivity index (χ1n) is 4.93. The Balaban J connectivity index is 2.19. The first-order chi connectivity index (χ1) is 7.18. The number of aromatic carboxylic acids is 1. The maximum absolute atomic E-state index is 10.6. The van der Waals surface area contributed by atoms with Crippen LogP contribution in [0.5, 0.6) is 0 Å². The van der Waals surface area contributed by atoms with Crippen molar-refractivity contribution in [3.8, 4) is 0 Å². The summed E-state index contributed by atoms with van der Waals surface area (Å²) < 4.78 is 0. The maximum Gasteiger partial charge on any atom is 0.335 e. The summed E-state index contributed by atoms with van der Waals surface area (Å²) in [5.74, 6) is -0.929. The van der Waals surface area contributed by atoms with Crippen LogP contribution in [-0.4, -0.2) is 28.8 Å². The molecule has 0 radical (unpaired) electrons. The van der Waals surface area contributed by atoms with Gasteiger partial charge in [-0.1, -0.05) is 12.1 Å². The molecule has 2 rings (SSSR count). The van der Waals surface area contributed by atoms with E-state index in [4.69, 9.17) is 5.11 Å². The molecule has 0 spiro atoms. The molecule has 2 atom stereocenters. The van der Waals surface area contributed by atoms with Crippen LogP contribution < -0.4 is 5.32 Å². The van der Waals surface area contributed by atoms with Gasteiger partial charge in [-0.25, -0.2) is 4.79 Å². The Morgan fingerprint density at radius 3 is 2.47 bits per heavy atom. The highest BCUT2D eigenvalue weighted by Gasteiger charge is 2.25. The summed E-state index contributed by atoms with van der Waals surface area (Å²) in [5.41, 5.74) is 1.20. The molecule has 1 heterocycles. The highest BCUT2D eigenvalue weighted by atomic mass is 16.4. The number of aliphatic hydroxyl groups is 1. The number of carboxylic acids is 1. The number of carboxylic acid groups (broad SMARTS) is 1. The summed E-state index contributed by atoms with van der Waals surface area (Å²) >= 11 is 0. The molecule has 1 saturated heterocycles. The van der Waals surface area contributed by atoms with Crippen LogP contribution in [0, 0.1) is 0 Å². The Hall–Kier alpha value is -1.39.